The van der Waals surface area contributed by atoms with Crippen LogP contribution in [0.2, 0.25) is 13.1 Å². The summed E-state index contributed by atoms with van der Waals surface area (Å²) in [7, 11) is -2.07. The van der Waals surface area contributed by atoms with Gasteiger partial charge >= 0.3 is 0 Å². The van der Waals surface area contributed by atoms with Gasteiger partial charge in [-0.1, -0.05) is 144 Å². The molecule has 0 fully saturated rings. The van der Waals surface area contributed by atoms with Crippen LogP contribution in [0.15, 0.2) is 121 Å². The van der Waals surface area contributed by atoms with Crippen molar-refractivity contribution in [3.05, 3.63) is 138 Å². The molecule has 252 valence electrons. The Bertz CT molecular complexity index is 2380. The molecule has 6 aromatic carbocycles. The van der Waals surface area contributed by atoms with Crippen molar-refractivity contribution in [2.75, 3.05) is 9.80 Å². The van der Waals surface area contributed by atoms with E-state index in [1.807, 2.05) is 0 Å². The van der Waals surface area contributed by atoms with E-state index in [2.05, 4.69) is 193 Å². The Kier molecular flexibility index (Phi) is 6.84. The molecule has 0 N–H and O–H groups in total. The molecule has 0 spiro atoms. The lowest BCUT2D eigenvalue weighted by atomic mass is 9.33. The van der Waals surface area contributed by atoms with Crippen molar-refractivity contribution in [1.29, 1.82) is 0 Å². The van der Waals surface area contributed by atoms with Gasteiger partial charge in [-0.15, -0.1) is 0 Å². The Morgan fingerprint density at radius 3 is 1.55 bits per heavy atom. The lowest BCUT2D eigenvalue weighted by molar-refractivity contribution is 0.590. The maximum absolute atomic E-state index is 2.61. The number of rotatable bonds is 3. The molecule has 0 amide bonds. The molecule has 6 aromatic rings. The predicted molar refractivity (Wildman–Crippen MR) is 225 cm³/mol. The van der Waals surface area contributed by atoms with Crippen LogP contribution in [-0.2, 0) is 10.8 Å². The van der Waals surface area contributed by atoms with Crippen molar-refractivity contribution < 1.29 is 0 Å². The van der Waals surface area contributed by atoms with Gasteiger partial charge in [0.05, 0.1) is 5.69 Å². The van der Waals surface area contributed by atoms with Gasteiger partial charge in [-0.25, -0.2) is 0 Å². The monoisotopic (exact) mass is 678 g/mol. The zero-order valence-corrected chi connectivity index (χ0v) is 32.5. The third kappa shape index (κ3) is 4.68. The molecule has 3 aliphatic heterocycles. The first-order valence-corrected chi connectivity index (χ1v) is 21.6. The minimum atomic E-state index is -2.07. The number of para-hydroxylation sites is 1. The van der Waals surface area contributed by atoms with Crippen LogP contribution < -0.4 is 36.6 Å². The fourth-order valence-corrected chi connectivity index (χ4v) is 12.4. The van der Waals surface area contributed by atoms with E-state index in [1.54, 1.807) is 10.4 Å². The Balaban J connectivity index is 1.34. The zero-order valence-electron chi connectivity index (χ0n) is 31.5. The summed E-state index contributed by atoms with van der Waals surface area (Å²) in [6.07, 6.45) is 0. The quantitative estimate of drug-likeness (QED) is 0.172. The fourth-order valence-electron chi connectivity index (χ4n) is 9.17. The molecule has 0 radical (unpaired) electrons. The molecule has 0 saturated heterocycles. The van der Waals surface area contributed by atoms with Crippen molar-refractivity contribution in [1.82, 2.24) is 0 Å². The van der Waals surface area contributed by atoms with Crippen molar-refractivity contribution in [3.8, 4) is 11.1 Å². The fraction of sp³-hybridized carbons (Fsp3) is 0.234. The van der Waals surface area contributed by atoms with Gasteiger partial charge in [-0.05, 0) is 98.9 Å². The number of aryl methyl sites for hydroxylation is 1. The Hall–Kier alpha value is -4.80. The van der Waals surface area contributed by atoms with Gasteiger partial charge in [0.25, 0.3) is 6.71 Å². The molecule has 0 saturated carbocycles. The smallest absolute Gasteiger partial charge is 0.251 e. The van der Waals surface area contributed by atoms with Crippen LogP contribution in [0.25, 0.3) is 11.1 Å². The Labute approximate surface area is 305 Å². The molecule has 3 heterocycles. The number of benzene rings is 6. The summed E-state index contributed by atoms with van der Waals surface area (Å²) in [4.78, 5) is 5.19. The molecule has 0 aliphatic carbocycles. The average Bonchev–Trinajstić information content (AvgIpc) is 3.10. The van der Waals surface area contributed by atoms with Gasteiger partial charge in [0.15, 0.2) is 0 Å². The molecule has 0 unspecified atom stereocenters. The molecule has 0 aromatic heterocycles. The van der Waals surface area contributed by atoms with E-state index in [9.17, 15) is 0 Å². The third-order valence-electron chi connectivity index (χ3n) is 11.8. The summed E-state index contributed by atoms with van der Waals surface area (Å²) >= 11 is 0. The number of hydrogen-bond acceptors (Lipinski definition) is 2. The minimum Gasteiger partial charge on any atom is -0.311 e. The first kappa shape index (κ1) is 32.1. The first-order valence-electron chi connectivity index (χ1n) is 18.6. The number of hydrogen-bond donors (Lipinski definition) is 0. The van der Waals surface area contributed by atoms with Gasteiger partial charge in [0, 0.05) is 34.0 Å². The van der Waals surface area contributed by atoms with Crippen molar-refractivity contribution in [2.24, 2.45) is 0 Å². The second-order valence-electron chi connectivity index (χ2n) is 17.6. The summed E-state index contributed by atoms with van der Waals surface area (Å²) in [5, 5.41) is 3.13. The van der Waals surface area contributed by atoms with Crippen LogP contribution in [0.1, 0.15) is 58.2 Å². The van der Waals surface area contributed by atoms with E-state index in [-0.39, 0.29) is 17.5 Å². The minimum absolute atomic E-state index is 0.0939. The number of nitrogens with zero attached hydrogens (tertiary/aromatic N) is 2. The molecule has 2 nitrogen and oxygen atoms in total. The van der Waals surface area contributed by atoms with Gasteiger partial charge in [-0.3, -0.25) is 0 Å². The topological polar surface area (TPSA) is 6.48 Å². The molecule has 4 heteroatoms. The third-order valence-corrected chi connectivity index (χ3v) is 15.4. The van der Waals surface area contributed by atoms with E-state index in [1.165, 1.54) is 78.3 Å². The Morgan fingerprint density at radius 2 is 0.980 bits per heavy atom. The maximum Gasteiger partial charge on any atom is 0.251 e. The van der Waals surface area contributed by atoms with E-state index in [0.29, 0.717) is 0 Å². The highest BCUT2D eigenvalue weighted by Crippen LogP contribution is 2.47. The molecule has 9 rings (SSSR count). The van der Waals surface area contributed by atoms with Crippen LogP contribution >= 0.6 is 0 Å². The lowest BCUT2D eigenvalue weighted by Crippen LogP contribution is -2.79. The SMILES string of the molecule is Cc1cc2c3c(c1)N(c1ccccc1-c1ccc(C(C)(C)C)cc1)c1cccc4c1B3c1c(cccc1[Si]4(C)C)N2c1ccc(C(C)(C)C)cc1. The van der Waals surface area contributed by atoms with E-state index < -0.39 is 8.07 Å². The van der Waals surface area contributed by atoms with Gasteiger partial charge in [0.2, 0.25) is 0 Å². The summed E-state index contributed by atoms with van der Waals surface area (Å²) in [5.74, 6) is 0. The highest BCUT2D eigenvalue weighted by Gasteiger charge is 2.51. The normalized spacial score (nSPS) is 15.2. The second-order valence-corrected chi connectivity index (χ2v) is 21.9. The lowest BCUT2D eigenvalue weighted by Gasteiger charge is -2.50. The van der Waals surface area contributed by atoms with E-state index >= 15 is 0 Å². The summed E-state index contributed by atoms with van der Waals surface area (Å²) in [6.45, 7) is 21.3. The first-order chi connectivity index (χ1) is 24.2. The molecule has 51 heavy (non-hydrogen) atoms. The summed E-state index contributed by atoms with van der Waals surface area (Å²) in [6, 6.07) is 46.8. The second kappa shape index (κ2) is 10.9. The van der Waals surface area contributed by atoms with Crippen molar-refractivity contribution >= 4 is 75.7 Å². The van der Waals surface area contributed by atoms with Gasteiger partial charge in [0.1, 0.15) is 8.07 Å². The average molecular weight is 679 g/mol. The molecule has 0 atom stereocenters. The standard InChI is InChI=1S/C47H47BN2Si/c1-30-28-39-43-40(29-30)50(36-15-11-10-14-35(36)31-20-22-32(23-21-31)46(2,3)4)38-17-13-19-42-45(38)48(43)44-37(16-12-18-41(44)51(42,8)9)49(39)34-26-24-33(25-27-34)47(5,6)7/h10-29H,1-9H3. The Morgan fingerprint density at radius 1 is 0.490 bits per heavy atom. The van der Waals surface area contributed by atoms with E-state index in [0.717, 1.165) is 0 Å². The van der Waals surface area contributed by atoms with Crippen LogP contribution in [0, 0.1) is 6.92 Å². The molecule has 3 aliphatic rings. The molecular formula is C47H47BN2Si. The van der Waals surface area contributed by atoms with Gasteiger partial charge < -0.3 is 9.80 Å². The van der Waals surface area contributed by atoms with Crippen LogP contribution in [0.4, 0.5) is 34.1 Å². The van der Waals surface area contributed by atoms with Crippen molar-refractivity contribution in [3.63, 3.8) is 0 Å². The largest absolute Gasteiger partial charge is 0.311 e. The molecular weight excluding hydrogens is 631 g/mol. The number of anilines is 6. The zero-order chi connectivity index (χ0) is 35.6. The van der Waals surface area contributed by atoms with Crippen molar-refractivity contribution in [2.45, 2.75) is 72.4 Å². The van der Waals surface area contributed by atoms with Crippen LogP contribution in [0.5, 0.6) is 0 Å². The summed E-state index contributed by atoms with van der Waals surface area (Å²) < 4.78 is 0. The van der Waals surface area contributed by atoms with Crippen LogP contribution in [0.3, 0.4) is 0 Å². The van der Waals surface area contributed by atoms with Gasteiger partial charge in [-0.2, -0.15) is 0 Å². The van der Waals surface area contributed by atoms with Crippen LogP contribution in [-0.4, -0.2) is 14.8 Å². The highest BCUT2D eigenvalue weighted by molar-refractivity contribution is 7.16. The highest BCUT2D eigenvalue weighted by atomic mass is 28.3. The predicted octanol–water partition coefficient (Wildman–Crippen LogP) is 9.48. The van der Waals surface area contributed by atoms with E-state index in [4.69, 9.17) is 0 Å². The summed E-state index contributed by atoms with van der Waals surface area (Å²) in [5.41, 5.74) is 18.8. The maximum atomic E-state index is 2.61. The molecule has 0 bridgehead atoms.